The number of ether oxygens (including phenoxy) is 1. The summed E-state index contributed by atoms with van der Waals surface area (Å²) in [6.07, 6.45) is 0.855. The molecule has 5 rings (SSSR count). The summed E-state index contributed by atoms with van der Waals surface area (Å²) in [6, 6.07) is 21.6. The number of carbonyl (C=O) groups is 1. The highest BCUT2D eigenvalue weighted by Gasteiger charge is 2.28. The van der Waals surface area contributed by atoms with E-state index in [0.29, 0.717) is 16.5 Å². The zero-order valence-electron chi connectivity index (χ0n) is 17.1. The number of hydrogen-bond acceptors (Lipinski definition) is 4. The van der Waals surface area contributed by atoms with E-state index < -0.39 is 6.09 Å². The summed E-state index contributed by atoms with van der Waals surface area (Å²) in [5, 5.41) is 3.17. The summed E-state index contributed by atoms with van der Waals surface area (Å²) in [5.74, 6) is 5.88. The Morgan fingerprint density at radius 2 is 1.75 bits per heavy atom. The summed E-state index contributed by atoms with van der Waals surface area (Å²) in [5.41, 5.74) is 5.82. The number of aromatic nitrogens is 2. The molecule has 0 unspecified atom stereocenters. The third-order valence-corrected chi connectivity index (χ3v) is 5.54. The molecule has 1 heterocycles. The molecule has 4 aromatic rings. The van der Waals surface area contributed by atoms with E-state index in [1.807, 2.05) is 24.3 Å². The number of amides is 1. The van der Waals surface area contributed by atoms with E-state index in [-0.39, 0.29) is 24.6 Å². The zero-order valence-corrected chi connectivity index (χ0v) is 17.1. The second-order valence-corrected chi connectivity index (χ2v) is 7.44. The standard InChI is InChI=1S/C26H19N3O3/c30-25-22-12-11-17(14-24(22)28-16-29-25)6-5-13-27-26(31)32-15-23-20-9-3-1-7-18(20)19-8-2-4-10-21(19)23/h1-4,7-12,14,16,23H,13,15H2,(H,27,31)(H,28,29,30). The third-order valence-electron chi connectivity index (χ3n) is 5.54. The molecule has 0 atom stereocenters. The molecule has 0 saturated heterocycles. The molecule has 1 aromatic heterocycles. The SMILES string of the molecule is O=C(NCC#Cc1ccc2c(=O)[nH]cnc2c1)OCC1c2ccccc2-c2ccccc21. The molecule has 1 aliphatic carbocycles. The lowest BCUT2D eigenvalue weighted by atomic mass is 9.98. The Hall–Kier alpha value is -4.37. The number of H-pyrrole nitrogens is 1. The van der Waals surface area contributed by atoms with E-state index in [2.05, 4.69) is 51.4 Å². The van der Waals surface area contributed by atoms with E-state index in [1.54, 1.807) is 18.2 Å². The summed E-state index contributed by atoms with van der Waals surface area (Å²) in [4.78, 5) is 30.6. The molecule has 1 aliphatic rings. The molecule has 2 N–H and O–H groups in total. The largest absolute Gasteiger partial charge is 0.449 e. The Morgan fingerprint density at radius 1 is 1.03 bits per heavy atom. The van der Waals surface area contributed by atoms with Crippen LogP contribution in [0.3, 0.4) is 0 Å². The van der Waals surface area contributed by atoms with Crippen molar-refractivity contribution >= 4 is 17.0 Å². The minimum atomic E-state index is -0.507. The maximum atomic E-state index is 12.2. The van der Waals surface area contributed by atoms with Gasteiger partial charge in [0, 0.05) is 11.5 Å². The van der Waals surface area contributed by atoms with Crippen LogP contribution >= 0.6 is 0 Å². The van der Waals surface area contributed by atoms with Crippen LogP contribution in [0.1, 0.15) is 22.6 Å². The molecule has 0 radical (unpaired) electrons. The number of fused-ring (bicyclic) bond motifs is 4. The van der Waals surface area contributed by atoms with Gasteiger partial charge in [0.15, 0.2) is 0 Å². The number of carbonyl (C=O) groups excluding carboxylic acids is 1. The number of rotatable bonds is 3. The first kappa shape index (κ1) is 19.6. The molecule has 0 bridgehead atoms. The fourth-order valence-electron chi connectivity index (χ4n) is 4.06. The van der Waals surface area contributed by atoms with Crippen molar-refractivity contribution < 1.29 is 9.53 Å². The smallest absolute Gasteiger partial charge is 0.407 e. The molecular formula is C26H19N3O3. The molecule has 0 fully saturated rings. The van der Waals surface area contributed by atoms with Gasteiger partial charge in [-0.05, 0) is 40.5 Å². The van der Waals surface area contributed by atoms with Crippen LogP contribution in [0.4, 0.5) is 4.79 Å². The van der Waals surface area contributed by atoms with Gasteiger partial charge in [0.25, 0.3) is 5.56 Å². The summed E-state index contributed by atoms with van der Waals surface area (Å²) in [7, 11) is 0. The molecule has 156 valence electrons. The van der Waals surface area contributed by atoms with Crippen LogP contribution in [0, 0.1) is 11.8 Å². The van der Waals surface area contributed by atoms with Crippen LogP contribution in [-0.2, 0) is 4.74 Å². The van der Waals surface area contributed by atoms with Crippen LogP contribution in [0.2, 0.25) is 0 Å². The van der Waals surface area contributed by atoms with Gasteiger partial charge in [-0.1, -0.05) is 60.4 Å². The molecule has 0 aliphatic heterocycles. The average molecular weight is 421 g/mol. The fraction of sp³-hybridized carbons (Fsp3) is 0.115. The minimum Gasteiger partial charge on any atom is -0.449 e. The van der Waals surface area contributed by atoms with Crippen molar-refractivity contribution in [3.63, 3.8) is 0 Å². The lowest BCUT2D eigenvalue weighted by Gasteiger charge is -2.14. The highest BCUT2D eigenvalue weighted by molar-refractivity contribution is 5.80. The molecular weight excluding hydrogens is 402 g/mol. The molecule has 1 amide bonds. The van der Waals surface area contributed by atoms with Crippen molar-refractivity contribution in [2.45, 2.75) is 5.92 Å². The number of hydrogen-bond donors (Lipinski definition) is 2. The van der Waals surface area contributed by atoms with Crippen molar-refractivity contribution in [2.24, 2.45) is 0 Å². The first-order chi connectivity index (χ1) is 15.7. The summed E-state index contributed by atoms with van der Waals surface area (Å²) < 4.78 is 5.50. The molecule has 0 spiro atoms. The van der Waals surface area contributed by atoms with Gasteiger partial charge in [0.1, 0.15) is 6.61 Å². The van der Waals surface area contributed by atoms with Crippen molar-refractivity contribution in [2.75, 3.05) is 13.2 Å². The Balaban J connectivity index is 1.20. The van der Waals surface area contributed by atoms with Crippen LogP contribution in [0.25, 0.3) is 22.0 Å². The van der Waals surface area contributed by atoms with Crippen LogP contribution in [-0.4, -0.2) is 29.2 Å². The lowest BCUT2D eigenvalue weighted by Crippen LogP contribution is -2.26. The van der Waals surface area contributed by atoms with E-state index in [9.17, 15) is 9.59 Å². The predicted octanol–water partition coefficient (Wildman–Crippen LogP) is 3.81. The normalized spacial score (nSPS) is 11.9. The van der Waals surface area contributed by atoms with E-state index >= 15 is 0 Å². The van der Waals surface area contributed by atoms with Crippen molar-refractivity contribution in [3.05, 3.63) is 100 Å². The molecule has 6 heteroatoms. The molecule has 6 nitrogen and oxygen atoms in total. The Morgan fingerprint density at radius 3 is 2.50 bits per heavy atom. The third kappa shape index (κ3) is 3.72. The van der Waals surface area contributed by atoms with E-state index in [4.69, 9.17) is 4.74 Å². The number of alkyl carbamates (subject to hydrolysis) is 1. The monoisotopic (exact) mass is 421 g/mol. The van der Waals surface area contributed by atoms with Crippen LogP contribution in [0.5, 0.6) is 0 Å². The first-order valence-electron chi connectivity index (χ1n) is 10.3. The molecule has 3 aromatic carbocycles. The van der Waals surface area contributed by atoms with E-state index in [1.165, 1.54) is 28.6 Å². The number of nitrogens with one attached hydrogen (secondary N) is 2. The zero-order chi connectivity index (χ0) is 21.9. The van der Waals surface area contributed by atoms with Gasteiger partial charge in [-0.2, -0.15) is 0 Å². The van der Waals surface area contributed by atoms with Crippen molar-refractivity contribution in [1.29, 1.82) is 0 Å². The van der Waals surface area contributed by atoms with Crippen LogP contribution < -0.4 is 10.9 Å². The number of aromatic amines is 1. The maximum absolute atomic E-state index is 12.2. The van der Waals surface area contributed by atoms with Crippen LogP contribution in [0.15, 0.2) is 77.9 Å². The van der Waals surface area contributed by atoms with Gasteiger partial charge >= 0.3 is 6.09 Å². The maximum Gasteiger partial charge on any atom is 0.407 e. The van der Waals surface area contributed by atoms with Gasteiger partial charge in [0.05, 0.1) is 23.8 Å². The van der Waals surface area contributed by atoms with Gasteiger partial charge < -0.3 is 15.0 Å². The Kier molecular flexibility index (Phi) is 5.14. The number of nitrogens with zero attached hydrogens (tertiary/aromatic N) is 1. The Bertz CT molecular complexity index is 1400. The lowest BCUT2D eigenvalue weighted by molar-refractivity contribution is 0.144. The fourth-order valence-corrected chi connectivity index (χ4v) is 4.06. The topological polar surface area (TPSA) is 84.1 Å². The molecule has 0 saturated carbocycles. The quantitative estimate of drug-likeness (QED) is 0.493. The average Bonchev–Trinajstić information content (AvgIpc) is 3.14. The van der Waals surface area contributed by atoms with Gasteiger partial charge in [-0.25, -0.2) is 9.78 Å². The second-order valence-electron chi connectivity index (χ2n) is 7.44. The highest BCUT2D eigenvalue weighted by Crippen LogP contribution is 2.44. The van der Waals surface area contributed by atoms with Gasteiger partial charge in [-0.3, -0.25) is 4.79 Å². The highest BCUT2D eigenvalue weighted by atomic mass is 16.5. The van der Waals surface area contributed by atoms with Crippen molar-refractivity contribution in [1.82, 2.24) is 15.3 Å². The second kappa shape index (κ2) is 8.40. The predicted molar refractivity (Wildman–Crippen MR) is 122 cm³/mol. The summed E-state index contributed by atoms with van der Waals surface area (Å²) >= 11 is 0. The summed E-state index contributed by atoms with van der Waals surface area (Å²) in [6.45, 7) is 0.412. The molecule has 32 heavy (non-hydrogen) atoms. The van der Waals surface area contributed by atoms with Crippen molar-refractivity contribution in [3.8, 4) is 23.0 Å². The van der Waals surface area contributed by atoms with Gasteiger partial charge in [0.2, 0.25) is 0 Å². The Labute approximate surface area is 184 Å². The van der Waals surface area contributed by atoms with E-state index in [0.717, 1.165) is 0 Å². The minimum absolute atomic E-state index is 0.0208. The number of benzene rings is 3. The van der Waals surface area contributed by atoms with Gasteiger partial charge in [-0.15, -0.1) is 0 Å². The first-order valence-corrected chi connectivity index (χ1v) is 10.3.